The number of rotatable bonds is 6. The van der Waals surface area contributed by atoms with Gasteiger partial charge >= 0.3 is 0 Å². The van der Waals surface area contributed by atoms with Crippen molar-refractivity contribution in [3.8, 4) is 0 Å². The lowest BCUT2D eigenvalue weighted by Crippen LogP contribution is -1.72. The van der Waals surface area contributed by atoms with Gasteiger partial charge in [-0.15, -0.1) is 45.3 Å². The first-order chi connectivity index (χ1) is 21.0. The molecule has 0 N–H and O–H groups in total. The Morgan fingerprint density at radius 2 is 0.791 bits per heavy atom. The predicted octanol–water partition coefficient (Wildman–Crippen LogP) is 13.7. The van der Waals surface area contributed by atoms with Crippen molar-refractivity contribution >= 4 is 122 Å². The van der Waals surface area contributed by atoms with Crippen LogP contribution in [0.2, 0.25) is 0 Å². The summed E-state index contributed by atoms with van der Waals surface area (Å²) in [5.74, 6) is 0. The predicted molar refractivity (Wildman–Crippen MR) is 199 cm³/mol. The van der Waals surface area contributed by atoms with Gasteiger partial charge in [-0.1, -0.05) is 83.6 Å². The molecule has 4 aromatic heterocycles. The zero-order valence-electron chi connectivity index (χ0n) is 23.6. The van der Waals surface area contributed by atoms with E-state index >= 15 is 0 Å². The van der Waals surface area contributed by atoms with E-state index in [4.69, 9.17) is 0 Å². The molecule has 0 radical (unpaired) electrons. The normalized spacial score (nSPS) is 12.3. The molecule has 43 heavy (non-hydrogen) atoms. The third kappa shape index (κ3) is 5.76. The first-order valence-electron chi connectivity index (χ1n) is 14.1. The Bertz CT molecular complexity index is 2050. The first-order valence-corrected chi connectivity index (χ1v) is 18.2. The maximum Gasteiger partial charge on any atom is 0.0667 e. The van der Waals surface area contributed by atoms with Gasteiger partial charge in [-0.05, 0) is 107 Å². The highest BCUT2D eigenvalue weighted by Gasteiger charge is 2.11. The third-order valence-electron chi connectivity index (χ3n) is 7.54. The van der Waals surface area contributed by atoms with Crippen LogP contribution in [0, 0.1) is 13.8 Å². The van der Waals surface area contributed by atoms with Crippen LogP contribution in [-0.4, -0.2) is 0 Å². The molecule has 4 aromatic carbocycles. The average Bonchev–Trinajstić information content (AvgIpc) is 3.77. The monoisotopic (exact) mass is 642 g/mol. The van der Waals surface area contributed by atoms with Crippen LogP contribution in [0.3, 0.4) is 0 Å². The van der Waals surface area contributed by atoms with Gasteiger partial charge in [-0.25, -0.2) is 0 Å². The SMILES string of the molecule is Cc1ccc(C=Cc2cc3cc4sc(Sc5cc6cc7sc(C=Cc8ccc(C)cc8)cc7cc6s5)cc4cc3s2)cc1. The molecule has 5 heteroatoms. The van der Waals surface area contributed by atoms with Gasteiger partial charge in [0.25, 0.3) is 0 Å². The van der Waals surface area contributed by atoms with Crippen LogP contribution >= 0.6 is 57.1 Å². The number of hydrogen-bond acceptors (Lipinski definition) is 5. The molecule has 0 bridgehead atoms. The van der Waals surface area contributed by atoms with E-state index in [1.54, 1.807) is 0 Å². The maximum atomic E-state index is 2.36. The number of hydrogen-bond donors (Lipinski definition) is 0. The largest absolute Gasteiger partial charge is 0.136 e. The summed E-state index contributed by atoms with van der Waals surface area (Å²) in [6.45, 7) is 4.25. The Hall–Kier alpha value is -3.45. The van der Waals surface area contributed by atoms with Crippen LogP contribution in [-0.2, 0) is 0 Å². The molecule has 0 unspecified atom stereocenters. The Morgan fingerprint density at radius 3 is 1.21 bits per heavy atom. The first kappa shape index (κ1) is 27.1. The van der Waals surface area contributed by atoms with Crippen LogP contribution in [0.25, 0.3) is 64.6 Å². The Labute approximate surface area is 271 Å². The lowest BCUT2D eigenvalue weighted by molar-refractivity contribution is 1.46. The summed E-state index contributed by atoms with van der Waals surface area (Å²) in [6, 6.07) is 36.2. The zero-order valence-corrected chi connectivity index (χ0v) is 27.7. The second-order valence-electron chi connectivity index (χ2n) is 10.9. The summed E-state index contributed by atoms with van der Waals surface area (Å²) >= 11 is 9.43. The second kappa shape index (κ2) is 11.2. The van der Waals surface area contributed by atoms with Gasteiger partial charge in [0.05, 0.1) is 8.42 Å². The quantitative estimate of drug-likeness (QED) is 0.174. The van der Waals surface area contributed by atoms with Crippen LogP contribution in [0.4, 0.5) is 0 Å². The summed E-state index contributed by atoms with van der Waals surface area (Å²) in [6.07, 6.45) is 8.88. The molecule has 0 nitrogen and oxygen atoms in total. The fourth-order valence-electron chi connectivity index (χ4n) is 5.21. The second-order valence-corrected chi connectivity index (χ2v) is 16.9. The molecule has 0 atom stereocenters. The highest BCUT2D eigenvalue weighted by Crippen LogP contribution is 2.44. The number of aryl methyl sites for hydroxylation is 2. The maximum absolute atomic E-state index is 2.36. The molecule has 8 aromatic rings. The van der Waals surface area contributed by atoms with Crippen molar-refractivity contribution in [2.24, 2.45) is 0 Å². The van der Waals surface area contributed by atoms with Gasteiger partial charge < -0.3 is 0 Å². The summed E-state index contributed by atoms with van der Waals surface area (Å²) in [7, 11) is 0. The van der Waals surface area contributed by atoms with Crippen LogP contribution < -0.4 is 0 Å². The van der Waals surface area contributed by atoms with Crippen molar-refractivity contribution in [2.45, 2.75) is 22.3 Å². The molecule has 0 aliphatic heterocycles. The van der Waals surface area contributed by atoms with Gasteiger partial charge in [-0.2, -0.15) is 0 Å². The van der Waals surface area contributed by atoms with Crippen molar-refractivity contribution in [3.05, 3.63) is 129 Å². The van der Waals surface area contributed by atoms with Gasteiger partial charge in [0.1, 0.15) is 0 Å². The fraction of sp³-hybridized carbons (Fsp3) is 0.0526. The topological polar surface area (TPSA) is 0 Å². The molecule has 0 saturated carbocycles. The fourth-order valence-corrected chi connectivity index (χ4v) is 11.0. The summed E-state index contributed by atoms with van der Waals surface area (Å²) in [5.41, 5.74) is 5.06. The molecule has 0 saturated heterocycles. The van der Waals surface area contributed by atoms with E-state index in [0.29, 0.717) is 0 Å². The molecular formula is C38H26S5. The molecule has 4 heterocycles. The van der Waals surface area contributed by atoms with E-state index in [0.717, 1.165) is 0 Å². The van der Waals surface area contributed by atoms with Gasteiger partial charge in [0.2, 0.25) is 0 Å². The average molecular weight is 643 g/mol. The lowest BCUT2D eigenvalue weighted by atomic mass is 10.1. The van der Waals surface area contributed by atoms with Gasteiger partial charge in [0.15, 0.2) is 0 Å². The molecule has 0 amide bonds. The van der Waals surface area contributed by atoms with Crippen molar-refractivity contribution in [3.63, 3.8) is 0 Å². The van der Waals surface area contributed by atoms with E-state index in [9.17, 15) is 0 Å². The van der Waals surface area contributed by atoms with E-state index in [1.807, 2.05) is 57.1 Å². The number of benzene rings is 4. The van der Waals surface area contributed by atoms with Crippen LogP contribution in [0.5, 0.6) is 0 Å². The molecule has 208 valence electrons. The number of thiophene rings is 4. The molecule has 8 rings (SSSR count). The van der Waals surface area contributed by atoms with Crippen LogP contribution in [0.15, 0.2) is 105 Å². The minimum Gasteiger partial charge on any atom is -0.136 e. The molecular weight excluding hydrogens is 617 g/mol. The molecule has 0 aliphatic rings. The van der Waals surface area contributed by atoms with E-state index < -0.39 is 0 Å². The third-order valence-corrected chi connectivity index (χ3v) is 13.1. The highest BCUT2D eigenvalue weighted by atomic mass is 32.2. The smallest absolute Gasteiger partial charge is 0.0667 e. The van der Waals surface area contributed by atoms with E-state index in [2.05, 4.69) is 135 Å². The number of fused-ring (bicyclic) bond motifs is 4. The highest BCUT2D eigenvalue weighted by molar-refractivity contribution is 8.03. The van der Waals surface area contributed by atoms with E-state index in [1.165, 1.54) is 80.8 Å². The Balaban J connectivity index is 1.01. The Kier molecular flexibility index (Phi) is 7.09. The lowest BCUT2D eigenvalue weighted by Gasteiger charge is -1.93. The summed E-state index contributed by atoms with van der Waals surface area (Å²) in [5, 5.41) is 5.33. The van der Waals surface area contributed by atoms with Gasteiger partial charge in [0, 0.05) is 28.6 Å². The molecule has 0 fully saturated rings. The molecule has 0 aliphatic carbocycles. The van der Waals surface area contributed by atoms with Crippen LogP contribution in [0.1, 0.15) is 32.0 Å². The standard InChI is InChI=1S/C38H26S5/c1-23-3-7-25(8-4-23)11-13-31-15-27-17-35-29(19-33(27)39-31)21-37(41-35)43-38-22-30-20-34-28(18-36(30)42-38)16-32(40-34)14-12-26-9-5-24(2)6-10-26/h3-22H,1-2H3. The van der Waals surface area contributed by atoms with Crippen molar-refractivity contribution < 1.29 is 0 Å². The Morgan fingerprint density at radius 1 is 0.419 bits per heavy atom. The van der Waals surface area contributed by atoms with Crippen molar-refractivity contribution in [2.75, 3.05) is 0 Å². The summed E-state index contributed by atoms with van der Waals surface area (Å²) < 4.78 is 8.11. The minimum absolute atomic E-state index is 1.24. The molecule has 0 spiro atoms. The van der Waals surface area contributed by atoms with Crippen molar-refractivity contribution in [1.82, 2.24) is 0 Å². The minimum atomic E-state index is 1.24. The van der Waals surface area contributed by atoms with Gasteiger partial charge in [-0.3, -0.25) is 0 Å². The van der Waals surface area contributed by atoms with E-state index in [-0.39, 0.29) is 0 Å². The summed E-state index contributed by atoms with van der Waals surface area (Å²) in [4.78, 5) is 2.59. The zero-order chi connectivity index (χ0) is 28.9. The van der Waals surface area contributed by atoms with Crippen molar-refractivity contribution in [1.29, 1.82) is 0 Å².